The third kappa shape index (κ3) is 7.70. The van der Waals surface area contributed by atoms with E-state index < -0.39 is 0 Å². The van der Waals surface area contributed by atoms with Gasteiger partial charge in [0.2, 0.25) is 5.91 Å². The van der Waals surface area contributed by atoms with Crippen molar-refractivity contribution >= 4 is 29.3 Å². The number of carbonyl (C=O) groups is 2. The normalized spacial score (nSPS) is 10.5. The summed E-state index contributed by atoms with van der Waals surface area (Å²) in [6, 6.07) is 19.4. The maximum atomic E-state index is 13.0. The van der Waals surface area contributed by atoms with Gasteiger partial charge in [0.15, 0.2) is 11.0 Å². The SMILES string of the molecule is CCOc1ccc(-n2c(CNC(=O)c3cc(OC)cc(OC)c3)nnc2SCC(=O)Nc2ccc(OC)cc2)cc1. The van der Waals surface area contributed by atoms with Crippen LogP contribution in [0.5, 0.6) is 23.0 Å². The van der Waals surface area contributed by atoms with Gasteiger partial charge in [-0.25, -0.2) is 0 Å². The summed E-state index contributed by atoms with van der Waals surface area (Å²) in [7, 11) is 4.62. The van der Waals surface area contributed by atoms with Crippen LogP contribution in [-0.2, 0) is 11.3 Å². The number of nitrogens with zero attached hydrogens (tertiary/aromatic N) is 3. The fraction of sp³-hybridized carbons (Fsp3) is 0.241. The fourth-order valence-electron chi connectivity index (χ4n) is 3.83. The summed E-state index contributed by atoms with van der Waals surface area (Å²) < 4.78 is 23.1. The molecule has 4 aromatic rings. The van der Waals surface area contributed by atoms with Crippen LogP contribution < -0.4 is 29.6 Å². The molecular formula is C29H31N5O6S. The highest BCUT2D eigenvalue weighted by atomic mass is 32.2. The number of aromatic nitrogens is 3. The van der Waals surface area contributed by atoms with Gasteiger partial charge < -0.3 is 29.6 Å². The minimum absolute atomic E-state index is 0.0805. The number of nitrogens with one attached hydrogen (secondary N) is 2. The Morgan fingerprint density at radius 2 is 1.46 bits per heavy atom. The van der Waals surface area contributed by atoms with Gasteiger partial charge in [-0.2, -0.15) is 0 Å². The van der Waals surface area contributed by atoms with Gasteiger partial charge in [-0.05, 0) is 67.6 Å². The molecule has 0 saturated heterocycles. The average Bonchev–Trinajstić information content (AvgIpc) is 3.42. The largest absolute Gasteiger partial charge is 0.497 e. The van der Waals surface area contributed by atoms with Crippen LogP contribution in [0.4, 0.5) is 5.69 Å². The van der Waals surface area contributed by atoms with E-state index in [1.165, 1.54) is 26.0 Å². The van der Waals surface area contributed by atoms with Crippen molar-refractivity contribution in [1.29, 1.82) is 0 Å². The van der Waals surface area contributed by atoms with Gasteiger partial charge in [0, 0.05) is 23.0 Å². The quantitative estimate of drug-likeness (QED) is 0.223. The highest BCUT2D eigenvalue weighted by molar-refractivity contribution is 7.99. The molecule has 3 aromatic carbocycles. The smallest absolute Gasteiger partial charge is 0.251 e. The molecule has 2 amide bonds. The Labute approximate surface area is 242 Å². The topological polar surface area (TPSA) is 126 Å². The van der Waals surface area contributed by atoms with Crippen molar-refractivity contribution < 1.29 is 28.5 Å². The zero-order chi connectivity index (χ0) is 29.2. The number of amides is 2. The molecule has 2 N–H and O–H groups in total. The third-order valence-corrected chi connectivity index (χ3v) is 6.76. The van der Waals surface area contributed by atoms with Crippen molar-refractivity contribution in [2.24, 2.45) is 0 Å². The van der Waals surface area contributed by atoms with Crippen molar-refractivity contribution in [3.8, 4) is 28.7 Å². The van der Waals surface area contributed by atoms with Gasteiger partial charge in [0.05, 0.1) is 40.2 Å². The first-order valence-corrected chi connectivity index (χ1v) is 13.7. The summed E-state index contributed by atoms with van der Waals surface area (Å²) in [6.07, 6.45) is 0. The van der Waals surface area contributed by atoms with E-state index in [1.807, 2.05) is 31.2 Å². The molecule has 41 heavy (non-hydrogen) atoms. The first-order valence-electron chi connectivity index (χ1n) is 12.7. The van der Waals surface area contributed by atoms with Crippen LogP contribution in [0.2, 0.25) is 0 Å². The zero-order valence-corrected chi connectivity index (χ0v) is 24.0. The Bertz CT molecular complexity index is 1450. The van der Waals surface area contributed by atoms with Crippen LogP contribution in [0.1, 0.15) is 23.1 Å². The molecule has 12 heteroatoms. The van der Waals surface area contributed by atoms with Gasteiger partial charge in [-0.15, -0.1) is 10.2 Å². The Morgan fingerprint density at radius 1 is 0.829 bits per heavy atom. The number of thioether (sulfide) groups is 1. The molecule has 0 fully saturated rings. The molecule has 0 aliphatic carbocycles. The summed E-state index contributed by atoms with van der Waals surface area (Å²) in [5.74, 6) is 2.45. The summed E-state index contributed by atoms with van der Waals surface area (Å²) in [5.41, 5.74) is 1.78. The van der Waals surface area contributed by atoms with E-state index in [-0.39, 0.29) is 24.1 Å². The summed E-state index contributed by atoms with van der Waals surface area (Å²) in [5, 5.41) is 14.9. The molecule has 0 aliphatic rings. The van der Waals surface area contributed by atoms with Gasteiger partial charge in [-0.3, -0.25) is 14.2 Å². The molecule has 1 heterocycles. The predicted octanol–water partition coefficient (Wildman–Crippen LogP) is 4.35. The van der Waals surface area contributed by atoms with E-state index in [4.69, 9.17) is 18.9 Å². The maximum absolute atomic E-state index is 13.0. The molecule has 0 spiro atoms. The van der Waals surface area contributed by atoms with Crippen molar-refractivity contribution in [1.82, 2.24) is 20.1 Å². The summed E-state index contributed by atoms with van der Waals surface area (Å²) in [6.45, 7) is 2.54. The first-order chi connectivity index (χ1) is 19.9. The van der Waals surface area contributed by atoms with E-state index in [0.29, 0.717) is 46.1 Å². The number of anilines is 1. The van der Waals surface area contributed by atoms with E-state index >= 15 is 0 Å². The number of carbonyl (C=O) groups excluding carboxylic acids is 2. The minimum atomic E-state index is -0.337. The fourth-order valence-corrected chi connectivity index (χ4v) is 4.60. The second-order valence-corrected chi connectivity index (χ2v) is 9.45. The standard InChI is InChI=1S/C29H31N5O6S/c1-5-40-23-12-8-21(9-13-23)34-26(17-30-28(36)19-14-24(38-3)16-25(15-19)39-4)32-33-29(34)41-18-27(35)31-20-6-10-22(37-2)11-7-20/h6-16H,5,17-18H2,1-4H3,(H,30,36)(H,31,35). The number of ether oxygens (including phenoxy) is 4. The molecule has 214 valence electrons. The van der Waals surface area contributed by atoms with Crippen LogP contribution >= 0.6 is 11.8 Å². The molecule has 0 atom stereocenters. The first kappa shape index (κ1) is 29.3. The lowest BCUT2D eigenvalue weighted by atomic mass is 10.2. The van der Waals surface area contributed by atoms with Crippen LogP contribution in [0.15, 0.2) is 71.9 Å². The van der Waals surface area contributed by atoms with Crippen molar-refractivity contribution in [2.75, 3.05) is 39.0 Å². The van der Waals surface area contributed by atoms with Crippen molar-refractivity contribution in [2.45, 2.75) is 18.6 Å². The van der Waals surface area contributed by atoms with Crippen LogP contribution in [0.3, 0.4) is 0 Å². The van der Waals surface area contributed by atoms with Crippen LogP contribution in [0.25, 0.3) is 5.69 Å². The Morgan fingerprint density at radius 3 is 2.07 bits per heavy atom. The Hall–Kier alpha value is -4.71. The number of hydrogen-bond acceptors (Lipinski definition) is 9. The van der Waals surface area contributed by atoms with Gasteiger partial charge >= 0.3 is 0 Å². The van der Waals surface area contributed by atoms with Crippen LogP contribution in [-0.4, -0.2) is 60.3 Å². The Balaban J connectivity index is 1.52. The molecule has 1 aromatic heterocycles. The molecule has 11 nitrogen and oxygen atoms in total. The minimum Gasteiger partial charge on any atom is -0.497 e. The Kier molecular flexibility index (Phi) is 10.1. The monoisotopic (exact) mass is 577 g/mol. The highest BCUT2D eigenvalue weighted by Crippen LogP contribution is 2.25. The lowest BCUT2D eigenvalue weighted by Gasteiger charge is -2.13. The number of benzene rings is 3. The van der Waals surface area contributed by atoms with Gasteiger partial charge in [0.25, 0.3) is 5.91 Å². The van der Waals surface area contributed by atoms with E-state index in [9.17, 15) is 9.59 Å². The van der Waals surface area contributed by atoms with E-state index in [1.54, 1.807) is 54.1 Å². The highest BCUT2D eigenvalue weighted by Gasteiger charge is 2.18. The van der Waals surface area contributed by atoms with Crippen LogP contribution in [0, 0.1) is 0 Å². The number of methoxy groups -OCH3 is 3. The molecule has 0 saturated carbocycles. The molecular weight excluding hydrogens is 546 g/mol. The molecule has 0 bridgehead atoms. The number of hydrogen-bond donors (Lipinski definition) is 2. The zero-order valence-electron chi connectivity index (χ0n) is 23.2. The lowest BCUT2D eigenvalue weighted by Crippen LogP contribution is -2.24. The number of rotatable bonds is 13. The lowest BCUT2D eigenvalue weighted by molar-refractivity contribution is -0.113. The predicted molar refractivity (Wildman–Crippen MR) is 156 cm³/mol. The summed E-state index contributed by atoms with van der Waals surface area (Å²) in [4.78, 5) is 25.7. The van der Waals surface area contributed by atoms with E-state index in [0.717, 1.165) is 11.4 Å². The van der Waals surface area contributed by atoms with Crippen molar-refractivity contribution in [3.05, 3.63) is 78.1 Å². The third-order valence-electron chi connectivity index (χ3n) is 5.83. The van der Waals surface area contributed by atoms with Gasteiger partial charge in [-0.1, -0.05) is 11.8 Å². The molecule has 0 unspecified atom stereocenters. The molecule has 0 aliphatic heterocycles. The second kappa shape index (κ2) is 14.1. The maximum Gasteiger partial charge on any atom is 0.251 e. The van der Waals surface area contributed by atoms with Crippen molar-refractivity contribution in [3.63, 3.8) is 0 Å². The average molecular weight is 578 g/mol. The summed E-state index contributed by atoms with van der Waals surface area (Å²) >= 11 is 1.23. The second-order valence-electron chi connectivity index (χ2n) is 8.51. The molecule has 0 radical (unpaired) electrons. The van der Waals surface area contributed by atoms with Gasteiger partial charge in [0.1, 0.15) is 23.0 Å². The molecule has 4 rings (SSSR count). The van der Waals surface area contributed by atoms with E-state index in [2.05, 4.69) is 20.8 Å².